The normalized spacial score (nSPS) is 10.9. The molecule has 1 N–H and O–H groups in total. The summed E-state index contributed by atoms with van der Waals surface area (Å²) in [5, 5.41) is 0. The molecule has 2 rings (SSSR count). The predicted octanol–water partition coefficient (Wildman–Crippen LogP) is 2.90. The number of hydrogen-bond donors (Lipinski definition) is 1. The van der Waals surface area contributed by atoms with Gasteiger partial charge in [-0.3, -0.25) is 4.99 Å². The van der Waals surface area contributed by atoms with E-state index in [9.17, 15) is 4.39 Å². The Morgan fingerprint density at radius 2 is 2.00 bits per heavy atom. The van der Waals surface area contributed by atoms with Gasteiger partial charge in [-0.25, -0.2) is 4.39 Å². The van der Waals surface area contributed by atoms with Crippen molar-refractivity contribution in [3.63, 3.8) is 0 Å². The van der Waals surface area contributed by atoms with Gasteiger partial charge in [-0.15, -0.1) is 0 Å². The van der Waals surface area contributed by atoms with Crippen LogP contribution in [0.2, 0.25) is 0 Å². The van der Waals surface area contributed by atoms with Crippen LogP contribution in [-0.4, -0.2) is 11.2 Å². The first-order valence-corrected chi connectivity index (χ1v) is 4.28. The summed E-state index contributed by atoms with van der Waals surface area (Å²) in [6.07, 6.45) is 3.39. The number of H-pyrrole nitrogens is 1. The zero-order valence-electron chi connectivity index (χ0n) is 7.44. The quantitative estimate of drug-likeness (QED) is 0.702. The molecule has 1 aromatic heterocycles. The zero-order valence-corrected chi connectivity index (χ0v) is 7.44. The molecule has 1 aromatic carbocycles. The highest BCUT2D eigenvalue weighted by atomic mass is 19.1. The van der Waals surface area contributed by atoms with Gasteiger partial charge < -0.3 is 4.98 Å². The standard InChI is InChI=1S/C11H9FN2/c12-10-5-1-2-6-11(10)14-8-9-4-3-7-13-9/h1-8,13H. The number of halogens is 1. The van der Waals surface area contributed by atoms with Gasteiger partial charge in [-0.2, -0.15) is 0 Å². The average Bonchev–Trinajstić information content (AvgIpc) is 2.69. The first-order valence-electron chi connectivity index (χ1n) is 4.28. The molecule has 0 amide bonds. The van der Waals surface area contributed by atoms with Gasteiger partial charge in [0.05, 0.1) is 17.6 Å². The number of benzene rings is 1. The maximum absolute atomic E-state index is 13.1. The predicted molar refractivity (Wildman–Crippen MR) is 54.4 cm³/mol. The Morgan fingerprint density at radius 1 is 1.14 bits per heavy atom. The summed E-state index contributed by atoms with van der Waals surface area (Å²) in [5.74, 6) is -0.310. The fourth-order valence-corrected chi connectivity index (χ4v) is 1.12. The van der Waals surface area contributed by atoms with Crippen molar-refractivity contribution >= 4 is 11.9 Å². The van der Waals surface area contributed by atoms with Crippen LogP contribution in [0.1, 0.15) is 5.69 Å². The summed E-state index contributed by atoms with van der Waals surface area (Å²) in [5.41, 5.74) is 1.20. The Balaban J connectivity index is 2.23. The minimum Gasteiger partial charge on any atom is -0.360 e. The van der Waals surface area contributed by atoms with Crippen molar-refractivity contribution in [2.75, 3.05) is 0 Å². The van der Waals surface area contributed by atoms with E-state index in [1.165, 1.54) is 6.07 Å². The van der Waals surface area contributed by atoms with E-state index in [1.54, 1.807) is 30.6 Å². The number of rotatable bonds is 2. The van der Waals surface area contributed by atoms with Crippen LogP contribution in [0, 0.1) is 5.82 Å². The van der Waals surface area contributed by atoms with Gasteiger partial charge in [0.25, 0.3) is 0 Å². The van der Waals surface area contributed by atoms with E-state index in [1.807, 2.05) is 12.1 Å². The van der Waals surface area contributed by atoms with E-state index in [0.717, 1.165) is 5.69 Å². The van der Waals surface area contributed by atoms with Gasteiger partial charge in [-0.05, 0) is 24.3 Å². The first-order chi connectivity index (χ1) is 6.86. The van der Waals surface area contributed by atoms with Crippen LogP contribution in [0.25, 0.3) is 0 Å². The highest BCUT2D eigenvalue weighted by Gasteiger charge is 1.95. The Morgan fingerprint density at radius 3 is 2.71 bits per heavy atom. The Kier molecular flexibility index (Phi) is 2.40. The molecule has 2 nitrogen and oxygen atoms in total. The summed E-state index contributed by atoms with van der Waals surface area (Å²) >= 11 is 0. The highest BCUT2D eigenvalue weighted by molar-refractivity contribution is 5.79. The van der Waals surface area contributed by atoms with Gasteiger partial charge in [0.2, 0.25) is 0 Å². The van der Waals surface area contributed by atoms with Crippen LogP contribution < -0.4 is 0 Å². The fraction of sp³-hybridized carbons (Fsp3) is 0. The molecule has 14 heavy (non-hydrogen) atoms. The van der Waals surface area contributed by atoms with Gasteiger partial charge in [0, 0.05) is 6.20 Å². The van der Waals surface area contributed by atoms with Crippen molar-refractivity contribution < 1.29 is 4.39 Å². The minimum absolute atomic E-state index is 0.310. The molecule has 0 aliphatic carbocycles. The van der Waals surface area contributed by atoms with Crippen LogP contribution in [0.15, 0.2) is 47.6 Å². The second kappa shape index (κ2) is 3.87. The number of nitrogens with one attached hydrogen (secondary N) is 1. The Labute approximate surface area is 81.1 Å². The summed E-state index contributed by atoms with van der Waals surface area (Å²) in [6, 6.07) is 10.1. The van der Waals surface area contributed by atoms with Crippen LogP contribution >= 0.6 is 0 Å². The van der Waals surface area contributed by atoms with Gasteiger partial charge in [-0.1, -0.05) is 12.1 Å². The van der Waals surface area contributed by atoms with E-state index >= 15 is 0 Å². The molecule has 0 aliphatic rings. The third-order valence-electron chi connectivity index (χ3n) is 1.82. The largest absolute Gasteiger partial charge is 0.360 e. The number of para-hydroxylation sites is 1. The summed E-state index contributed by atoms with van der Waals surface area (Å²) in [6.45, 7) is 0. The molecule has 0 bridgehead atoms. The molecule has 0 saturated carbocycles. The lowest BCUT2D eigenvalue weighted by Crippen LogP contribution is -1.80. The van der Waals surface area contributed by atoms with E-state index in [0.29, 0.717) is 5.69 Å². The summed E-state index contributed by atoms with van der Waals surface area (Å²) in [7, 11) is 0. The number of aliphatic imine (C=N–C) groups is 1. The lowest BCUT2D eigenvalue weighted by Gasteiger charge is -1.93. The Hall–Kier alpha value is -1.90. The summed E-state index contributed by atoms with van der Waals surface area (Å²) in [4.78, 5) is 6.97. The molecule has 0 atom stereocenters. The number of nitrogens with zero attached hydrogens (tertiary/aromatic N) is 1. The third-order valence-corrected chi connectivity index (χ3v) is 1.82. The van der Waals surface area contributed by atoms with Crippen molar-refractivity contribution in [1.29, 1.82) is 0 Å². The molecule has 0 fully saturated rings. The van der Waals surface area contributed by atoms with Gasteiger partial charge in [0.1, 0.15) is 5.82 Å². The highest BCUT2D eigenvalue weighted by Crippen LogP contribution is 2.15. The molecule has 0 aliphatic heterocycles. The maximum atomic E-state index is 13.1. The zero-order chi connectivity index (χ0) is 9.80. The van der Waals surface area contributed by atoms with E-state index in [2.05, 4.69) is 9.98 Å². The van der Waals surface area contributed by atoms with E-state index < -0.39 is 0 Å². The summed E-state index contributed by atoms with van der Waals surface area (Å²) < 4.78 is 13.1. The molecule has 3 heteroatoms. The molecular weight excluding hydrogens is 179 g/mol. The lowest BCUT2D eigenvalue weighted by molar-refractivity contribution is 0.630. The van der Waals surface area contributed by atoms with Crippen LogP contribution in [0.5, 0.6) is 0 Å². The Bertz CT molecular complexity index is 432. The second-order valence-corrected chi connectivity index (χ2v) is 2.84. The monoisotopic (exact) mass is 188 g/mol. The molecule has 0 saturated heterocycles. The van der Waals surface area contributed by atoms with Crippen LogP contribution in [-0.2, 0) is 0 Å². The average molecular weight is 188 g/mol. The third kappa shape index (κ3) is 1.88. The number of aromatic nitrogens is 1. The molecule has 0 radical (unpaired) electrons. The molecule has 70 valence electrons. The van der Waals surface area contributed by atoms with Crippen molar-refractivity contribution in [2.24, 2.45) is 4.99 Å². The molecule has 0 unspecified atom stereocenters. The van der Waals surface area contributed by atoms with Crippen molar-refractivity contribution in [1.82, 2.24) is 4.98 Å². The van der Waals surface area contributed by atoms with Gasteiger partial charge >= 0.3 is 0 Å². The van der Waals surface area contributed by atoms with E-state index in [-0.39, 0.29) is 5.82 Å². The minimum atomic E-state index is -0.310. The van der Waals surface area contributed by atoms with Crippen molar-refractivity contribution in [3.05, 3.63) is 54.1 Å². The van der Waals surface area contributed by atoms with Crippen LogP contribution in [0.4, 0.5) is 10.1 Å². The first kappa shape index (κ1) is 8.69. The molecular formula is C11H9FN2. The van der Waals surface area contributed by atoms with Crippen LogP contribution in [0.3, 0.4) is 0 Å². The number of hydrogen-bond acceptors (Lipinski definition) is 1. The van der Waals surface area contributed by atoms with Crippen molar-refractivity contribution in [2.45, 2.75) is 0 Å². The second-order valence-electron chi connectivity index (χ2n) is 2.84. The smallest absolute Gasteiger partial charge is 0.148 e. The topological polar surface area (TPSA) is 28.1 Å². The molecule has 1 heterocycles. The van der Waals surface area contributed by atoms with Gasteiger partial charge in [0.15, 0.2) is 0 Å². The van der Waals surface area contributed by atoms with E-state index in [4.69, 9.17) is 0 Å². The molecule has 0 spiro atoms. The SMILES string of the molecule is Fc1ccccc1N=Cc1ccc[nH]1. The lowest BCUT2D eigenvalue weighted by atomic mass is 10.3. The number of aromatic amines is 1. The maximum Gasteiger partial charge on any atom is 0.148 e. The fourth-order valence-electron chi connectivity index (χ4n) is 1.12. The molecule has 2 aromatic rings. The van der Waals surface area contributed by atoms with Crippen molar-refractivity contribution in [3.8, 4) is 0 Å².